The molecule has 0 heterocycles. The van der Waals surface area contributed by atoms with Crippen LogP contribution in [0.1, 0.15) is 6.92 Å². The molecule has 0 unspecified atom stereocenters. The molecule has 16 heavy (non-hydrogen) atoms. The van der Waals surface area contributed by atoms with Crippen LogP contribution in [0.15, 0.2) is 24.3 Å². The minimum atomic E-state index is -4.92. The second kappa shape index (κ2) is 5.79. The van der Waals surface area contributed by atoms with Crippen LogP contribution in [-0.4, -0.2) is 26.8 Å². The second-order valence-corrected chi connectivity index (χ2v) is 3.19. The van der Waals surface area contributed by atoms with E-state index in [1.807, 2.05) is 6.92 Å². The largest absolute Gasteiger partial charge is 0.509 e. The Balaban J connectivity index is 2.46. The highest BCUT2D eigenvalue weighted by atomic mass is 19.4. The van der Waals surface area contributed by atoms with Gasteiger partial charge in [0.2, 0.25) is 0 Å². The quantitative estimate of drug-likeness (QED) is 0.553. The van der Waals surface area contributed by atoms with Gasteiger partial charge in [-0.1, -0.05) is 12.1 Å². The van der Waals surface area contributed by atoms with Crippen molar-refractivity contribution in [2.45, 2.75) is 6.92 Å². The highest BCUT2D eigenvalue weighted by Gasteiger charge is 2.24. The standard InChI is InChI=1S/C10H13BF3O2/c1-2-15-7-8-16-10-5-3-9(4-6-10)11(12,13)14/h3-6H,2,7-8H2,1H3/q-1. The third-order valence-corrected chi connectivity index (χ3v) is 1.96. The fourth-order valence-electron chi connectivity index (χ4n) is 1.15. The van der Waals surface area contributed by atoms with Gasteiger partial charge in [0.1, 0.15) is 12.4 Å². The smallest absolute Gasteiger partial charge is 0.491 e. The zero-order valence-corrected chi connectivity index (χ0v) is 8.96. The van der Waals surface area contributed by atoms with Gasteiger partial charge < -0.3 is 22.4 Å². The summed E-state index contributed by atoms with van der Waals surface area (Å²) in [5.74, 6) is 0.420. The first-order chi connectivity index (χ1) is 7.54. The fraction of sp³-hybridized carbons (Fsp3) is 0.400. The summed E-state index contributed by atoms with van der Waals surface area (Å²) in [5, 5.41) is 0. The molecule has 0 aromatic heterocycles. The molecule has 1 aromatic rings. The van der Waals surface area contributed by atoms with E-state index < -0.39 is 12.4 Å². The summed E-state index contributed by atoms with van der Waals surface area (Å²) in [4.78, 5) is 0. The van der Waals surface area contributed by atoms with E-state index in [9.17, 15) is 12.9 Å². The van der Waals surface area contributed by atoms with Crippen molar-refractivity contribution in [2.24, 2.45) is 0 Å². The first-order valence-electron chi connectivity index (χ1n) is 5.04. The van der Waals surface area contributed by atoms with E-state index in [0.29, 0.717) is 25.6 Å². The molecule has 0 radical (unpaired) electrons. The molecule has 0 aliphatic rings. The molecule has 0 saturated heterocycles. The van der Waals surface area contributed by atoms with Gasteiger partial charge in [0, 0.05) is 6.61 Å². The number of halogens is 3. The van der Waals surface area contributed by atoms with E-state index in [2.05, 4.69) is 0 Å². The van der Waals surface area contributed by atoms with Crippen LogP contribution in [0, 0.1) is 0 Å². The van der Waals surface area contributed by atoms with Crippen molar-refractivity contribution in [1.82, 2.24) is 0 Å². The summed E-state index contributed by atoms with van der Waals surface area (Å²) in [6, 6.07) is 4.68. The second-order valence-electron chi connectivity index (χ2n) is 3.19. The maximum Gasteiger partial charge on any atom is 0.509 e. The van der Waals surface area contributed by atoms with Crippen LogP contribution < -0.4 is 10.2 Å². The van der Waals surface area contributed by atoms with Gasteiger partial charge in [0.25, 0.3) is 0 Å². The lowest BCUT2D eigenvalue weighted by molar-refractivity contribution is 0.110. The normalized spacial score (nSPS) is 11.5. The number of rotatable bonds is 6. The highest BCUT2D eigenvalue weighted by Crippen LogP contribution is 2.13. The third-order valence-electron chi connectivity index (χ3n) is 1.96. The Hall–Kier alpha value is -1.17. The summed E-state index contributed by atoms with van der Waals surface area (Å²) in [5.41, 5.74) is -0.614. The predicted molar refractivity (Wildman–Crippen MR) is 57.1 cm³/mol. The molecule has 1 rings (SSSR count). The van der Waals surface area contributed by atoms with Gasteiger partial charge >= 0.3 is 6.98 Å². The maximum atomic E-state index is 12.3. The molecule has 0 saturated carbocycles. The Labute approximate surface area is 92.4 Å². The average molecular weight is 233 g/mol. The fourth-order valence-corrected chi connectivity index (χ4v) is 1.15. The van der Waals surface area contributed by atoms with E-state index in [1.54, 1.807) is 0 Å². The van der Waals surface area contributed by atoms with Crippen LogP contribution in [0.5, 0.6) is 5.75 Å². The summed E-state index contributed by atoms with van der Waals surface area (Å²) in [7, 11) is 0. The van der Waals surface area contributed by atoms with Crippen molar-refractivity contribution >= 4 is 12.4 Å². The molecule has 0 fully saturated rings. The molecule has 90 valence electrons. The van der Waals surface area contributed by atoms with Crippen molar-refractivity contribution in [3.63, 3.8) is 0 Å². The molecular formula is C10H13BF3O2-. The van der Waals surface area contributed by atoms with Crippen LogP contribution in [0.3, 0.4) is 0 Å². The van der Waals surface area contributed by atoms with Gasteiger partial charge in [-0.2, -0.15) is 0 Å². The first-order valence-corrected chi connectivity index (χ1v) is 5.04. The number of hydrogen-bond acceptors (Lipinski definition) is 2. The van der Waals surface area contributed by atoms with Gasteiger partial charge in [0.05, 0.1) is 6.61 Å². The van der Waals surface area contributed by atoms with Crippen LogP contribution in [0.25, 0.3) is 0 Å². The zero-order chi connectivity index (χ0) is 12.0. The van der Waals surface area contributed by atoms with Crippen LogP contribution in [0.4, 0.5) is 12.9 Å². The lowest BCUT2D eigenvalue weighted by Crippen LogP contribution is -2.33. The van der Waals surface area contributed by atoms with E-state index in [-0.39, 0.29) is 0 Å². The first kappa shape index (κ1) is 12.9. The van der Waals surface area contributed by atoms with Crippen molar-refractivity contribution in [1.29, 1.82) is 0 Å². The Morgan fingerprint density at radius 2 is 1.69 bits per heavy atom. The number of ether oxygens (including phenoxy) is 2. The van der Waals surface area contributed by atoms with Gasteiger partial charge in [0.15, 0.2) is 0 Å². The Kier molecular flexibility index (Phi) is 4.67. The minimum absolute atomic E-state index is 0.338. The minimum Gasteiger partial charge on any atom is -0.491 e. The van der Waals surface area contributed by atoms with Crippen LogP contribution in [-0.2, 0) is 4.74 Å². The van der Waals surface area contributed by atoms with Gasteiger partial charge in [-0.25, -0.2) is 0 Å². The van der Waals surface area contributed by atoms with E-state index in [4.69, 9.17) is 9.47 Å². The zero-order valence-electron chi connectivity index (χ0n) is 8.96. The maximum absolute atomic E-state index is 12.3. The van der Waals surface area contributed by atoms with E-state index in [0.717, 1.165) is 12.1 Å². The molecule has 2 nitrogen and oxygen atoms in total. The molecule has 0 aliphatic carbocycles. The van der Waals surface area contributed by atoms with E-state index >= 15 is 0 Å². The molecule has 0 spiro atoms. The SMILES string of the molecule is CCOCCOc1ccc([B-](F)(F)F)cc1. The molecule has 6 heteroatoms. The lowest BCUT2D eigenvalue weighted by atomic mass is 9.80. The van der Waals surface area contributed by atoms with Crippen molar-refractivity contribution < 1.29 is 22.4 Å². The van der Waals surface area contributed by atoms with Crippen LogP contribution in [0.2, 0.25) is 0 Å². The highest BCUT2D eigenvalue weighted by molar-refractivity contribution is 6.73. The lowest BCUT2D eigenvalue weighted by Gasteiger charge is -2.15. The van der Waals surface area contributed by atoms with Crippen LogP contribution >= 0.6 is 0 Å². The van der Waals surface area contributed by atoms with Gasteiger partial charge in [-0.15, -0.1) is 5.46 Å². The summed E-state index contributed by atoms with van der Waals surface area (Å²) >= 11 is 0. The van der Waals surface area contributed by atoms with Gasteiger partial charge in [-0.05, 0) is 19.1 Å². The Morgan fingerprint density at radius 1 is 1.06 bits per heavy atom. The third kappa shape index (κ3) is 4.14. The molecule has 0 bridgehead atoms. The topological polar surface area (TPSA) is 18.5 Å². The van der Waals surface area contributed by atoms with Crippen molar-refractivity contribution in [2.75, 3.05) is 19.8 Å². The molecule has 0 aliphatic heterocycles. The molecule has 0 amide bonds. The van der Waals surface area contributed by atoms with E-state index in [1.165, 1.54) is 12.1 Å². The number of hydrogen-bond donors (Lipinski definition) is 0. The molecule has 0 N–H and O–H groups in total. The number of benzene rings is 1. The predicted octanol–water partition coefficient (Wildman–Crippen LogP) is 2.16. The molecule has 0 atom stereocenters. The molecule has 1 aromatic carbocycles. The Morgan fingerprint density at radius 3 is 2.19 bits per heavy atom. The van der Waals surface area contributed by atoms with Crippen molar-refractivity contribution in [3.05, 3.63) is 24.3 Å². The summed E-state index contributed by atoms with van der Waals surface area (Å²) in [6.45, 7) is -1.70. The monoisotopic (exact) mass is 233 g/mol. The summed E-state index contributed by atoms with van der Waals surface area (Å²) in [6.07, 6.45) is 0. The van der Waals surface area contributed by atoms with Gasteiger partial charge in [-0.3, -0.25) is 0 Å². The average Bonchev–Trinajstić information content (AvgIpc) is 2.24. The van der Waals surface area contributed by atoms with Crippen molar-refractivity contribution in [3.8, 4) is 5.75 Å². The Bertz CT molecular complexity index is 311. The summed E-state index contributed by atoms with van der Waals surface area (Å²) < 4.78 is 47.0. The molecular weight excluding hydrogens is 220 g/mol.